The lowest BCUT2D eigenvalue weighted by molar-refractivity contribution is 0.0963. The molecule has 0 unspecified atom stereocenters. The molecule has 148 valence electrons. The van der Waals surface area contributed by atoms with Crippen molar-refractivity contribution in [3.05, 3.63) is 48.2 Å². The van der Waals surface area contributed by atoms with Gasteiger partial charge in [-0.1, -0.05) is 0 Å². The minimum atomic E-state index is -0.403. The molecule has 0 aliphatic carbocycles. The Morgan fingerprint density at radius 1 is 1.28 bits per heavy atom. The van der Waals surface area contributed by atoms with E-state index in [9.17, 15) is 9.59 Å². The van der Waals surface area contributed by atoms with Gasteiger partial charge in [0.1, 0.15) is 6.61 Å². The number of hydrogen-bond acceptors (Lipinski definition) is 7. The highest BCUT2D eigenvalue weighted by Crippen LogP contribution is 2.31. The Morgan fingerprint density at radius 3 is 2.69 bits per heavy atom. The lowest BCUT2D eigenvalue weighted by Gasteiger charge is -2.19. The first-order valence-electron chi connectivity index (χ1n) is 9.07. The number of fused-ring (bicyclic) bond motifs is 1. The first kappa shape index (κ1) is 18.5. The van der Waals surface area contributed by atoms with Gasteiger partial charge in [-0.3, -0.25) is 9.69 Å². The molecule has 0 spiro atoms. The second-order valence-electron chi connectivity index (χ2n) is 6.74. The molecule has 0 bridgehead atoms. The molecule has 2 amide bonds. The van der Waals surface area contributed by atoms with Crippen LogP contribution in [-0.2, 0) is 4.74 Å². The number of aromatic nitrogens is 2. The van der Waals surface area contributed by atoms with Gasteiger partial charge in [0.2, 0.25) is 5.95 Å². The summed E-state index contributed by atoms with van der Waals surface area (Å²) in [6, 6.07) is 10.4. The first-order valence-corrected chi connectivity index (χ1v) is 9.07. The summed E-state index contributed by atoms with van der Waals surface area (Å²) >= 11 is 0. The lowest BCUT2D eigenvalue weighted by atomic mass is 10.1. The summed E-state index contributed by atoms with van der Waals surface area (Å²) in [6.45, 7) is 2.24. The SMILES string of the molecule is CNC(=O)c1ccc(Nc2ncc3c(N)cc(N4C(=O)OC[C@@H]4C)cc3n2)cc1. The number of hydrogen-bond donors (Lipinski definition) is 3. The average Bonchev–Trinajstić information content (AvgIpc) is 3.05. The van der Waals surface area contributed by atoms with Gasteiger partial charge in [-0.25, -0.2) is 14.8 Å². The summed E-state index contributed by atoms with van der Waals surface area (Å²) in [7, 11) is 1.58. The van der Waals surface area contributed by atoms with Crippen molar-refractivity contribution in [3.8, 4) is 0 Å². The van der Waals surface area contributed by atoms with Crippen LogP contribution < -0.4 is 21.3 Å². The van der Waals surface area contributed by atoms with Crippen molar-refractivity contribution < 1.29 is 14.3 Å². The Labute approximate surface area is 166 Å². The van der Waals surface area contributed by atoms with E-state index in [1.54, 1.807) is 54.5 Å². The maximum absolute atomic E-state index is 12.0. The smallest absolute Gasteiger partial charge is 0.414 e. The molecule has 1 saturated heterocycles. The number of benzene rings is 2. The zero-order chi connectivity index (χ0) is 20.5. The Hall–Kier alpha value is -3.88. The van der Waals surface area contributed by atoms with E-state index in [4.69, 9.17) is 10.5 Å². The van der Waals surface area contributed by atoms with Crippen LogP contribution in [0.4, 0.5) is 27.8 Å². The molecular weight excluding hydrogens is 372 g/mol. The van der Waals surface area contributed by atoms with Crippen molar-refractivity contribution in [1.29, 1.82) is 0 Å². The van der Waals surface area contributed by atoms with Crippen molar-refractivity contribution in [1.82, 2.24) is 15.3 Å². The number of carbonyl (C=O) groups is 2. The van der Waals surface area contributed by atoms with Gasteiger partial charge >= 0.3 is 6.09 Å². The maximum Gasteiger partial charge on any atom is 0.414 e. The van der Waals surface area contributed by atoms with Crippen LogP contribution >= 0.6 is 0 Å². The maximum atomic E-state index is 12.0. The van der Waals surface area contributed by atoms with Crippen molar-refractivity contribution in [2.75, 3.05) is 29.6 Å². The Morgan fingerprint density at radius 2 is 2.03 bits per heavy atom. The molecule has 4 rings (SSSR count). The zero-order valence-corrected chi connectivity index (χ0v) is 16.0. The van der Waals surface area contributed by atoms with Crippen LogP contribution in [0.2, 0.25) is 0 Å². The average molecular weight is 392 g/mol. The molecule has 2 aromatic carbocycles. The Balaban J connectivity index is 1.64. The topological polar surface area (TPSA) is 122 Å². The van der Waals surface area contributed by atoms with Gasteiger partial charge in [0.25, 0.3) is 5.91 Å². The predicted molar refractivity (Wildman–Crippen MR) is 110 cm³/mol. The summed E-state index contributed by atoms with van der Waals surface area (Å²) in [5.74, 6) is 0.218. The molecule has 1 atom stereocenters. The van der Waals surface area contributed by atoms with Crippen LogP contribution in [0.15, 0.2) is 42.6 Å². The molecule has 0 radical (unpaired) electrons. The number of anilines is 4. The van der Waals surface area contributed by atoms with E-state index in [0.29, 0.717) is 40.4 Å². The number of rotatable bonds is 4. The number of ether oxygens (including phenoxy) is 1. The van der Waals surface area contributed by atoms with E-state index in [0.717, 1.165) is 5.69 Å². The van der Waals surface area contributed by atoms with E-state index in [1.807, 2.05) is 6.92 Å². The monoisotopic (exact) mass is 392 g/mol. The molecule has 4 N–H and O–H groups in total. The summed E-state index contributed by atoms with van der Waals surface area (Å²) in [4.78, 5) is 34.1. The number of nitrogens with zero attached hydrogens (tertiary/aromatic N) is 3. The van der Waals surface area contributed by atoms with E-state index in [-0.39, 0.29) is 11.9 Å². The third-order valence-corrected chi connectivity index (χ3v) is 4.71. The summed E-state index contributed by atoms with van der Waals surface area (Å²) in [5, 5.41) is 6.37. The fraction of sp³-hybridized carbons (Fsp3) is 0.200. The number of nitrogen functional groups attached to an aromatic ring is 1. The number of nitrogens with one attached hydrogen (secondary N) is 2. The second-order valence-corrected chi connectivity index (χ2v) is 6.74. The molecule has 1 aromatic heterocycles. The highest BCUT2D eigenvalue weighted by molar-refractivity contribution is 5.98. The molecule has 0 saturated carbocycles. The van der Waals surface area contributed by atoms with Crippen LogP contribution in [0, 0.1) is 0 Å². The Bertz CT molecular complexity index is 1100. The van der Waals surface area contributed by atoms with Gasteiger partial charge in [0.15, 0.2) is 0 Å². The standard InChI is InChI=1S/C20H20N6O3/c1-11-10-29-20(28)26(11)14-7-16(21)15-9-23-19(25-17(15)8-14)24-13-5-3-12(4-6-13)18(27)22-2/h3-9,11H,10,21H2,1-2H3,(H,22,27)(H,23,24,25)/t11-/m0/s1. The third kappa shape index (κ3) is 3.49. The van der Waals surface area contributed by atoms with Gasteiger partial charge in [0, 0.05) is 35.6 Å². The molecule has 29 heavy (non-hydrogen) atoms. The van der Waals surface area contributed by atoms with Gasteiger partial charge in [0.05, 0.1) is 17.2 Å². The van der Waals surface area contributed by atoms with Crippen LogP contribution in [0.1, 0.15) is 17.3 Å². The molecule has 2 heterocycles. The lowest BCUT2D eigenvalue weighted by Crippen LogP contribution is -2.30. The quantitative estimate of drug-likeness (QED) is 0.583. The number of nitrogens with two attached hydrogens (primary N) is 1. The van der Waals surface area contributed by atoms with E-state index in [2.05, 4.69) is 20.6 Å². The van der Waals surface area contributed by atoms with Crippen LogP contribution in [-0.4, -0.2) is 41.7 Å². The van der Waals surface area contributed by atoms with Gasteiger partial charge < -0.3 is 21.1 Å². The minimum absolute atomic E-state index is 0.0855. The van der Waals surface area contributed by atoms with Crippen LogP contribution in [0.5, 0.6) is 0 Å². The van der Waals surface area contributed by atoms with Crippen molar-refractivity contribution >= 4 is 45.9 Å². The molecule has 1 aliphatic rings. The summed E-state index contributed by atoms with van der Waals surface area (Å²) in [5.41, 5.74) is 9.16. The number of carbonyl (C=O) groups excluding carboxylic acids is 2. The largest absolute Gasteiger partial charge is 0.447 e. The minimum Gasteiger partial charge on any atom is -0.447 e. The molecule has 1 fully saturated rings. The molecular formula is C20H20N6O3. The normalized spacial score (nSPS) is 16.0. The Kier molecular flexibility index (Phi) is 4.63. The molecule has 1 aliphatic heterocycles. The summed E-state index contributed by atoms with van der Waals surface area (Å²) in [6.07, 6.45) is 1.23. The zero-order valence-electron chi connectivity index (χ0n) is 16.0. The predicted octanol–water partition coefficient (Wildman–Crippen LogP) is 2.66. The van der Waals surface area contributed by atoms with Crippen molar-refractivity contribution in [2.45, 2.75) is 13.0 Å². The van der Waals surface area contributed by atoms with E-state index >= 15 is 0 Å². The third-order valence-electron chi connectivity index (χ3n) is 4.71. The van der Waals surface area contributed by atoms with Gasteiger partial charge in [-0.05, 0) is 43.3 Å². The van der Waals surface area contributed by atoms with Crippen LogP contribution in [0.25, 0.3) is 10.9 Å². The molecule has 9 heteroatoms. The number of amides is 2. The van der Waals surface area contributed by atoms with E-state index in [1.165, 1.54) is 0 Å². The summed E-state index contributed by atoms with van der Waals surface area (Å²) < 4.78 is 5.09. The first-order chi connectivity index (χ1) is 14.0. The fourth-order valence-corrected chi connectivity index (χ4v) is 3.20. The number of cyclic esters (lactones) is 1. The fourth-order valence-electron chi connectivity index (χ4n) is 3.20. The van der Waals surface area contributed by atoms with Crippen LogP contribution in [0.3, 0.4) is 0 Å². The molecule has 3 aromatic rings. The highest BCUT2D eigenvalue weighted by Gasteiger charge is 2.31. The molecule has 9 nitrogen and oxygen atoms in total. The van der Waals surface area contributed by atoms with Gasteiger partial charge in [-0.15, -0.1) is 0 Å². The van der Waals surface area contributed by atoms with Gasteiger partial charge in [-0.2, -0.15) is 0 Å². The van der Waals surface area contributed by atoms with E-state index < -0.39 is 6.09 Å². The second kappa shape index (κ2) is 7.27. The van der Waals surface area contributed by atoms with Crippen molar-refractivity contribution in [3.63, 3.8) is 0 Å². The van der Waals surface area contributed by atoms with Crippen molar-refractivity contribution in [2.24, 2.45) is 0 Å². The highest BCUT2D eigenvalue weighted by atomic mass is 16.6.